The molecule has 0 aliphatic rings. The van der Waals surface area contributed by atoms with Crippen LogP contribution in [0.2, 0.25) is 5.02 Å². The Labute approximate surface area is 170 Å². The summed E-state index contributed by atoms with van der Waals surface area (Å²) in [6.45, 7) is 9.76. The third kappa shape index (κ3) is 6.45. The number of hydrogen-bond donors (Lipinski definition) is 0. The molecule has 1 aromatic carbocycles. The van der Waals surface area contributed by atoms with Crippen LogP contribution >= 0.6 is 23.1 Å². The molecule has 0 saturated carbocycles. The first-order chi connectivity index (χ1) is 12.7. The van der Waals surface area contributed by atoms with Crippen molar-refractivity contribution in [3.63, 3.8) is 0 Å². The van der Waals surface area contributed by atoms with E-state index in [0.29, 0.717) is 21.7 Å². The van der Waals surface area contributed by atoms with Crippen LogP contribution in [0.15, 0.2) is 17.1 Å². The van der Waals surface area contributed by atoms with E-state index in [0.717, 1.165) is 31.0 Å². The molecule has 0 spiro atoms. The number of hydrogen-bond acceptors (Lipinski definition) is 6. The monoisotopic (exact) mass is 410 g/mol. The molecular weight excluding hydrogens is 384 g/mol. The summed E-state index contributed by atoms with van der Waals surface area (Å²) in [5.41, 5.74) is 1.52. The summed E-state index contributed by atoms with van der Waals surface area (Å²) in [7, 11) is 3.67. The number of nitrogens with zero attached hydrogens (tertiary/aromatic N) is 4. The largest absolute Gasteiger partial charge is 0.430 e. The molecule has 0 atom stereocenters. The summed E-state index contributed by atoms with van der Waals surface area (Å²) in [6.07, 6.45) is 2.72. The van der Waals surface area contributed by atoms with Crippen LogP contribution in [-0.2, 0) is 10.2 Å². The average molecular weight is 411 g/mol. The number of aryl methyl sites for hydroxylation is 1. The predicted octanol–water partition coefficient (Wildman–Crippen LogP) is 5.22. The van der Waals surface area contributed by atoms with Crippen molar-refractivity contribution in [2.75, 3.05) is 27.3 Å². The molecular formula is C19H27ClN4O2S. The number of ether oxygens (including phenoxy) is 2. The second-order valence-electron chi connectivity index (χ2n) is 7.38. The zero-order valence-electron chi connectivity index (χ0n) is 16.7. The Kier molecular flexibility index (Phi) is 7.59. The van der Waals surface area contributed by atoms with Gasteiger partial charge in [0.15, 0.2) is 5.82 Å². The fraction of sp³-hybridized carbons (Fsp3) is 0.526. The SMILES string of the molecule is COCCCN(C)/C=N\c1cc(C)c(Oc2nc(C(C)(C)C)ns2)cc1Cl. The smallest absolute Gasteiger partial charge is 0.298 e. The molecule has 0 unspecified atom stereocenters. The summed E-state index contributed by atoms with van der Waals surface area (Å²) < 4.78 is 15.3. The summed E-state index contributed by atoms with van der Waals surface area (Å²) in [5, 5.41) is 1.03. The van der Waals surface area contributed by atoms with Gasteiger partial charge in [0.2, 0.25) is 0 Å². The minimum atomic E-state index is -0.112. The van der Waals surface area contributed by atoms with Crippen LogP contribution in [0.3, 0.4) is 0 Å². The molecule has 1 heterocycles. The highest BCUT2D eigenvalue weighted by Gasteiger charge is 2.20. The van der Waals surface area contributed by atoms with E-state index in [2.05, 4.69) is 35.1 Å². The van der Waals surface area contributed by atoms with Crippen LogP contribution in [0.4, 0.5) is 5.69 Å². The van der Waals surface area contributed by atoms with Crippen molar-refractivity contribution in [2.24, 2.45) is 4.99 Å². The van der Waals surface area contributed by atoms with Gasteiger partial charge in [-0.2, -0.15) is 9.36 Å². The number of methoxy groups -OCH3 is 1. The zero-order chi connectivity index (χ0) is 20.0. The Balaban J connectivity index is 2.09. The lowest BCUT2D eigenvalue weighted by Crippen LogP contribution is -2.18. The maximum Gasteiger partial charge on any atom is 0.298 e. The van der Waals surface area contributed by atoms with Crippen molar-refractivity contribution in [3.05, 3.63) is 28.5 Å². The van der Waals surface area contributed by atoms with Crippen molar-refractivity contribution in [2.45, 2.75) is 39.5 Å². The fourth-order valence-corrected chi connectivity index (χ4v) is 3.12. The molecule has 0 saturated heterocycles. The van der Waals surface area contributed by atoms with Gasteiger partial charge < -0.3 is 14.4 Å². The first-order valence-electron chi connectivity index (χ1n) is 8.76. The first kappa shape index (κ1) is 21.6. The Morgan fingerprint density at radius 3 is 2.70 bits per heavy atom. The molecule has 8 heteroatoms. The molecule has 2 rings (SSSR count). The topological polar surface area (TPSA) is 59.8 Å². The molecule has 27 heavy (non-hydrogen) atoms. The summed E-state index contributed by atoms with van der Waals surface area (Å²) >= 11 is 7.63. The highest BCUT2D eigenvalue weighted by Crippen LogP contribution is 2.35. The van der Waals surface area contributed by atoms with Gasteiger partial charge in [-0.25, -0.2) is 4.99 Å². The van der Waals surface area contributed by atoms with E-state index in [9.17, 15) is 0 Å². The van der Waals surface area contributed by atoms with Crippen LogP contribution in [-0.4, -0.2) is 47.9 Å². The van der Waals surface area contributed by atoms with Crippen molar-refractivity contribution in [3.8, 4) is 10.9 Å². The van der Waals surface area contributed by atoms with Crippen molar-refractivity contribution in [1.82, 2.24) is 14.3 Å². The number of rotatable bonds is 8. The zero-order valence-corrected chi connectivity index (χ0v) is 18.3. The minimum absolute atomic E-state index is 0.112. The van der Waals surface area contributed by atoms with Gasteiger partial charge >= 0.3 is 0 Å². The van der Waals surface area contributed by atoms with Crippen LogP contribution < -0.4 is 4.74 Å². The van der Waals surface area contributed by atoms with Gasteiger partial charge in [-0.3, -0.25) is 0 Å². The van der Waals surface area contributed by atoms with Gasteiger partial charge in [0, 0.05) is 50.3 Å². The third-order valence-corrected chi connectivity index (χ3v) is 4.67. The molecule has 0 aliphatic heterocycles. The van der Waals surface area contributed by atoms with Crippen LogP contribution in [0.1, 0.15) is 38.6 Å². The van der Waals surface area contributed by atoms with E-state index in [1.165, 1.54) is 11.5 Å². The van der Waals surface area contributed by atoms with E-state index in [1.54, 1.807) is 19.5 Å². The normalized spacial score (nSPS) is 12.0. The molecule has 2 aromatic rings. The summed E-state index contributed by atoms with van der Waals surface area (Å²) in [5.74, 6) is 1.42. The second kappa shape index (κ2) is 9.48. The maximum absolute atomic E-state index is 6.39. The first-order valence-corrected chi connectivity index (χ1v) is 9.91. The number of aliphatic imine (C=N–C) groups is 1. The Hall–Kier alpha value is -1.70. The van der Waals surface area contributed by atoms with E-state index >= 15 is 0 Å². The highest BCUT2D eigenvalue weighted by atomic mass is 35.5. The standard InChI is InChI=1S/C19H27ClN4O2S/c1-13-10-15(21-12-24(5)8-7-9-25-6)14(20)11-16(13)26-18-22-17(23-27-18)19(2,3)4/h10-12H,7-9H2,1-6H3/b21-12-. The van der Waals surface area contributed by atoms with Gasteiger partial charge in [-0.15, -0.1) is 0 Å². The molecule has 1 aromatic heterocycles. The molecule has 0 fully saturated rings. The van der Waals surface area contributed by atoms with Crippen LogP contribution in [0, 0.1) is 6.92 Å². The lowest BCUT2D eigenvalue weighted by Gasteiger charge is -2.13. The van der Waals surface area contributed by atoms with E-state index in [4.69, 9.17) is 21.1 Å². The molecule has 0 aliphatic carbocycles. The number of aromatic nitrogens is 2. The Bertz CT molecular complexity index is 787. The fourth-order valence-electron chi connectivity index (χ4n) is 2.18. The number of benzene rings is 1. The summed E-state index contributed by atoms with van der Waals surface area (Å²) in [4.78, 5) is 10.9. The average Bonchev–Trinajstić information content (AvgIpc) is 3.06. The predicted molar refractivity (Wildman–Crippen MR) is 112 cm³/mol. The molecule has 0 bridgehead atoms. The quantitative estimate of drug-likeness (QED) is 0.339. The lowest BCUT2D eigenvalue weighted by molar-refractivity contribution is 0.189. The third-order valence-electron chi connectivity index (χ3n) is 3.77. The van der Waals surface area contributed by atoms with Gasteiger partial charge in [0.1, 0.15) is 5.75 Å². The molecule has 0 amide bonds. The Morgan fingerprint density at radius 2 is 2.07 bits per heavy atom. The lowest BCUT2D eigenvalue weighted by atomic mass is 9.96. The summed E-state index contributed by atoms with van der Waals surface area (Å²) in [6, 6.07) is 3.68. The second-order valence-corrected chi connectivity index (χ2v) is 8.50. The Morgan fingerprint density at radius 1 is 1.33 bits per heavy atom. The van der Waals surface area contributed by atoms with E-state index in [1.807, 2.05) is 24.9 Å². The van der Waals surface area contributed by atoms with Gasteiger partial charge in [0.25, 0.3) is 5.19 Å². The van der Waals surface area contributed by atoms with E-state index < -0.39 is 0 Å². The highest BCUT2D eigenvalue weighted by molar-refractivity contribution is 7.07. The molecule has 0 radical (unpaired) electrons. The number of halogens is 1. The van der Waals surface area contributed by atoms with Crippen molar-refractivity contribution >= 4 is 35.2 Å². The van der Waals surface area contributed by atoms with Crippen LogP contribution in [0.5, 0.6) is 10.9 Å². The van der Waals surface area contributed by atoms with Gasteiger partial charge in [-0.1, -0.05) is 32.4 Å². The maximum atomic E-state index is 6.39. The molecule has 6 nitrogen and oxygen atoms in total. The molecule has 148 valence electrons. The van der Waals surface area contributed by atoms with Crippen molar-refractivity contribution < 1.29 is 9.47 Å². The van der Waals surface area contributed by atoms with Gasteiger partial charge in [-0.05, 0) is 25.0 Å². The van der Waals surface area contributed by atoms with Gasteiger partial charge in [0.05, 0.1) is 17.0 Å². The molecule has 0 N–H and O–H groups in total. The van der Waals surface area contributed by atoms with Crippen molar-refractivity contribution in [1.29, 1.82) is 0 Å². The van der Waals surface area contributed by atoms with Crippen LogP contribution in [0.25, 0.3) is 0 Å². The van der Waals surface area contributed by atoms with E-state index in [-0.39, 0.29) is 5.41 Å². The minimum Gasteiger partial charge on any atom is -0.430 e.